The summed E-state index contributed by atoms with van der Waals surface area (Å²) in [5.41, 5.74) is 1.88. The summed E-state index contributed by atoms with van der Waals surface area (Å²) < 4.78 is 1.92. The van der Waals surface area contributed by atoms with E-state index in [0.29, 0.717) is 18.2 Å². The van der Waals surface area contributed by atoms with Crippen molar-refractivity contribution < 1.29 is 14.7 Å². The maximum Gasteiger partial charge on any atom is 0.327 e. The minimum atomic E-state index is -0.929. The van der Waals surface area contributed by atoms with Crippen molar-refractivity contribution >= 4 is 34.7 Å². The van der Waals surface area contributed by atoms with Gasteiger partial charge < -0.3 is 14.6 Å². The average molecular weight is 305 g/mol. The molecular weight excluding hydrogens is 290 g/mol. The number of carboxylic acid groups (broad SMARTS) is 1. The minimum absolute atomic E-state index is 0.120. The minimum Gasteiger partial charge on any atom is -0.480 e. The number of thioether (sulfide) groups is 1. The average Bonchev–Trinajstić information content (AvgIpc) is 3.12. The molecule has 0 bridgehead atoms. The second kappa shape index (κ2) is 5.77. The number of aromatic nitrogens is 2. The van der Waals surface area contributed by atoms with Crippen LogP contribution in [0, 0.1) is 0 Å². The number of hydrogen-bond donors (Lipinski definition) is 1. The van der Waals surface area contributed by atoms with E-state index in [0.717, 1.165) is 11.0 Å². The summed E-state index contributed by atoms with van der Waals surface area (Å²) in [6.07, 6.45) is 2.00. The highest BCUT2D eigenvalue weighted by atomic mass is 32.2. The summed E-state index contributed by atoms with van der Waals surface area (Å²) in [6.45, 7) is 0.507. The maximum atomic E-state index is 12.2. The first kappa shape index (κ1) is 13.9. The zero-order valence-electron chi connectivity index (χ0n) is 11.3. The van der Waals surface area contributed by atoms with Crippen LogP contribution in [0.15, 0.2) is 30.6 Å². The Morgan fingerprint density at radius 1 is 1.38 bits per heavy atom. The number of aliphatic carboxylic acids is 1. The van der Waals surface area contributed by atoms with Gasteiger partial charge in [-0.3, -0.25) is 4.79 Å². The van der Waals surface area contributed by atoms with Crippen LogP contribution in [0.5, 0.6) is 0 Å². The van der Waals surface area contributed by atoms with Crippen molar-refractivity contribution in [3.63, 3.8) is 0 Å². The van der Waals surface area contributed by atoms with Gasteiger partial charge in [-0.2, -0.15) is 0 Å². The molecule has 3 rings (SSSR count). The molecule has 7 heteroatoms. The molecule has 1 aliphatic rings. The van der Waals surface area contributed by atoms with Crippen molar-refractivity contribution in [1.82, 2.24) is 14.5 Å². The zero-order chi connectivity index (χ0) is 14.8. The molecule has 1 unspecified atom stereocenters. The van der Waals surface area contributed by atoms with E-state index in [-0.39, 0.29) is 12.3 Å². The normalized spacial score (nSPS) is 18.3. The van der Waals surface area contributed by atoms with Crippen molar-refractivity contribution in [2.24, 2.45) is 0 Å². The molecule has 0 saturated carbocycles. The Labute approximate surface area is 125 Å². The highest BCUT2D eigenvalue weighted by Crippen LogP contribution is 2.22. The lowest BCUT2D eigenvalue weighted by molar-refractivity contribution is -0.147. The number of hydrogen-bond acceptors (Lipinski definition) is 4. The molecular formula is C14H15N3O3S. The molecule has 1 amide bonds. The number of imidazole rings is 1. The first-order valence-corrected chi connectivity index (χ1v) is 7.82. The van der Waals surface area contributed by atoms with Gasteiger partial charge in [-0.15, -0.1) is 11.8 Å². The van der Waals surface area contributed by atoms with Gasteiger partial charge in [-0.25, -0.2) is 9.78 Å². The van der Waals surface area contributed by atoms with Crippen LogP contribution in [0.3, 0.4) is 0 Å². The van der Waals surface area contributed by atoms with Gasteiger partial charge in [-0.1, -0.05) is 12.1 Å². The molecule has 1 aromatic carbocycles. The highest BCUT2D eigenvalue weighted by Gasteiger charge is 2.34. The molecule has 0 radical (unpaired) electrons. The molecule has 1 N–H and O–H groups in total. The summed E-state index contributed by atoms with van der Waals surface area (Å²) in [7, 11) is 0. The standard InChI is InChI=1S/C14H15N3O3S/c18-13(17-9-21-7-12(17)14(19)20)5-6-16-8-15-10-3-1-2-4-11(10)16/h1-4,8,12H,5-7,9H2,(H,19,20). The first-order valence-electron chi connectivity index (χ1n) is 6.66. The molecule has 1 saturated heterocycles. The van der Waals surface area contributed by atoms with Crippen LogP contribution in [-0.4, -0.2) is 49.1 Å². The smallest absolute Gasteiger partial charge is 0.327 e. The maximum absolute atomic E-state index is 12.2. The molecule has 2 aromatic rings. The van der Waals surface area contributed by atoms with Crippen LogP contribution in [0.4, 0.5) is 0 Å². The molecule has 1 aromatic heterocycles. The first-order chi connectivity index (χ1) is 10.2. The number of carbonyl (C=O) groups excluding carboxylic acids is 1. The Morgan fingerprint density at radius 3 is 3.00 bits per heavy atom. The molecule has 1 aliphatic heterocycles. The summed E-state index contributed by atoms with van der Waals surface area (Å²) in [4.78, 5) is 29.0. The third-order valence-corrected chi connectivity index (χ3v) is 4.59. The summed E-state index contributed by atoms with van der Waals surface area (Å²) >= 11 is 1.48. The third-order valence-electron chi connectivity index (χ3n) is 3.58. The van der Waals surface area contributed by atoms with E-state index in [2.05, 4.69) is 4.98 Å². The molecule has 21 heavy (non-hydrogen) atoms. The lowest BCUT2D eigenvalue weighted by Gasteiger charge is -2.20. The number of benzene rings is 1. The predicted octanol–water partition coefficient (Wildman–Crippen LogP) is 1.41. The van der Waals surface area contributed by atoms with Gasteiger partial charge in [0.1, 0.15) is 6.04 Å². The molecule has 2 heterocycles. The number of nitrogens with zero attached hydrogens (tertiary/aromatic N) is 3. The van der Waals surface area contributed by atoms with Crippen molar-refractivity contribution in [1.29, 1.82) is 0 Å². The van der Waals surface area contributed by atoms with Gasteiger partial charge in [0, 0.05) is 18.7 Å². The SMILES string of the molecule is O=C(O)C1CSCN1C(=O)CCn1cnc2ccccc21. The van der Waals surface area contributed by atoms with Crippen molar-refractivity contribution in [2.75, 3.05) is 11.6 Å². The van der Waals surface area contributed by atoms with Crippen molar-refractivity contribution in [3.05, 3.63) is 30.6 Å². The number of carboxylic acids is 1. The molecule has 0 aliphatic carbocycles. The van der Waals surface area contributed by atoms with E-state index < -0.39 is 12.0 Å². The monoisotopic (exact) mass is 305 g/mol. The fraction of sp³-hybridized carbons (Fsp3) is 0.357. The lowest BCUT2D eigenvalue weighted by Crippen LogP contribution is -2.42. The number of aryl methyl sites for hydroxylation is 1. The number of fused-ring (bicyclic) bond motifs is 1. The summed E-state index contributed by atoms with van der Waals surface area (Å²) in [6, 6.07) is 7.04. The van der Waals surface area contributed by atoms with E-state index >= 15 is 0 Å². The molecule has 0 spiro atoms. The lowest BCUT2D eigenvalue weighted by atomic mass is 10.2. The quantitative estimate of drug-likeness (QED) is 0.924. The van der Waals surface area contributed by atoms with E-state index in [1.165, 1.54) is 16.7 Å². The van der Waals surface area contributed by atoms with E-state index in [9.17, 15) is 9.59 Å². The van der Waals surface area contributed by atoms with Gasteiger partial charge in [0.2, 0.25) is 5.91 Å². The van der Waals surface area contributed by atoms with Gasteiger partial charge >= 0.3 is 5.97 Å². The molecule has 110 valence electrons. The fourth-order valence-corrected chi connectivity index (χ4v) is 3.61. The van der Waals surface area contributed by atoms with Gasteiger partial charge in [0.15, 0.2) is 0 Å². The zero-order valence-corrected chi connectivity index (χ0v) is 12.1. The van der Waals surface area contributed by atoms with Gasteiger partial charge in [0.25, 0.3) is 0 Å². The van der Waals surface area contributed by atoms with Crippen LogP contribution in [0.2, 0.25) is 0 Å². The Balaban J connectivity index is 1.67. The Kier molecular flexibility index (Phi) is 3.83. The highest BCUT2D eigenvalue weighted by molar-refractivity contribution is 7.99. The van der Waals surface area contributed by atoms with Crippen molar-refractivity contribution in [2.45, 2.75) is 19.0 Å². The van der Waals surface area contributed by atoms with Gasteiger partial charge in [-0.05, 0) is 12.1 Å². The third kappa shape index (κ3) is 2.73. The fourth-order valence-electron chi connectivity index (χ4n) is 2.44. The number of para-hydroxylation sites is 2. The number of rotatable bonds is 4. The van der Waals surface area contributed by atoms with Crippen LogP contribution in [0.25, 0.3) is 11.0 Å². The van der Waals surface area contributed by atoms with E-state index in [4.69, 9.17) is 5.11 Å². The predicted molar refractivity (Wildman–Crippen MR) is 79.9 cm³/mol. The Morgan fingerprint density at radius 2 is 2.19 bits per heavy atom. The Hall–Kier alpha value is -2.02. The second-order valence-electron chi connectivity index (χ2n) is 4.89. The molecule has 1 fully saturated rings. The molecule has 1 atom stereocenters. The van der Waals surface area contributed by atoms with Crippen LogP contribution in [-0.2, 0) is 16.1 Å². The van der Waals surface area contributed by atoms with Crippen LogP contribution < -0.4 is 0 Å². The number of carbonyl (C=O) groups is 2. The van der Waals surface area contributed by atoms with E-state index in [1.54, 1.807) is 6.33 Å². The van der Waals surface area contributed by atoms with Crippen molar-refractivity contribution in [3.8, 4) is 0 Å². The van der Waals surface area contributed by atoms with E-state index in [1.807, 2.05) is 28.8 Å². The Bertz CT molecular complexity index is 685. The summed E-state index contributed by atoms with van der Waals surface area (Å²) in [5.74, 6) is -0.123. The molecule has 6 nitrogen and oxygen atoms in total. The second-order valence-corrected chi connectivity index (χ2v) is 5.89. The van der Waals surface area contributed by atoms with Crippen LogP contribution in [0.1, 0.15) is 6.42 Å². The number of amides is 1. The topological polar surface area (TPSA) is 75.4 Å². The van der Waals surface area contributed by atoms with Gasteiger partial charge in [0.05, 0.1) is 23.2 Å². The van der Waals surface area contributed by atoms with Crippen LogP contribution >= 0.6 is 11.8 Å². The largest absolute Gasteiger partial charge is 0.480 e. The summed E-state index contributed by atoms with van der Waals surface area (Å²) in [5, 5.41) is 9.10.